The Balaban J connectivity index is 2.52. The minimum atomic E-state index is -0.0359. The van der Waals surface area contributed by atoms with Crippen molar-refractivity contribution in [3.05, 3.63) is 0 Å². The second kappa shape index (κ2) is 2.89. The third-order valence-electron chi connectivity index (χ3n) is 2.80. The smallest absolute Gasteiger partial charge is 0.108 e. The maximum Gasteiger partial charge on any atom is 0.108 e. The van der Waals surface area contributed by atoms with Gasteiger partial charge in [0, 0.05) is 0 Å². The SMILES string of the molecule is CC1COC(N)C(C)C1C. The Hall–Kier alpha value is -0.0800. The maximum absolute atomic E-state index is 5.71. The van der Waals surface area contributed by atoms with E-state index < -0.39 is 0 Å². The lowest BCUT2D eigenvalue weighted by Crippen LogP contribution is -2.43. The monoisotopic (exact) mass is 143 g/mol. The second-order valence-electron chi connectivity index (χ2n) is 3.49. The zero-order valence-electron chi connectivity index (χ0n) is 7.00. The van der Waals surface area contributed by atoms with Crippen LogP contribution in [0.3, 0.4) is 0 Å². The van der Waals surface area contributed by atoms with E-state index in [2.05, 4.69) is 20.8 Å². The molecule has 0 aromatic carbocycles. The number of hydrogen-bond acceptors (Lipinski definition) is 2. The highest BCUT2D eigenvalue weighted by molar-refractivity contribution is 4.76. The lowest BCUT2D eigenvalue weighted by Gasteiger charge is -2.36. The molecule has 0 radical (unpaired) electrons. The van der Waals surface area contributed by atoms with E-state index in [0.717, 1.165) is 6.61 Å². The lowest BCUT2D eigenvalue weighted by molar-refractivity contribution is -0.0725. The third kappa shape index (κ3) is 1.32. The molecule has 0 spiro atoms. The molecule has 1 fully saturated rings. The van der Waals surface area contributed by atoms with Gasteiger partial charge in [0.15, 0.2) is 0 Å². The molecule has 1 saturated heterocycles. The van der Waals surface area contributed by atoms with Crippen LogP contribution in [0, 0.1) is 17.8 Å². The third-order valence-corrected chi connectivity index (χ3v) is 2.80. The van der Waals surface area contributed by atoms with Crippen LogP contribution in [-0.4, -0.2) is 12.8 Å². The number of nitrogens with two attached hydrogens (primary N) is 1. The van der Waals surface area contributed by atoms with Gasteiger partial charge in [-0.25, -0.2) is 0 Å². The Morgan fingerprint density at radius 3 is 2.30 bits per heavy atom. The van der Waals surface area contributed by atoms with Crippen molar-refractivity contribution in [2.45, 2.75) is 27.0 Å². The average molecular weight is 143 g/mol. The van der Waals surface area contributed by atoms with E-state index >= 15 is 0 Å². The molecule has 0 bridgehead atoms. The highest BCUT2D eigenvalue weighted by atomic mass is 16.5. The van der Waals surface area contributed by atoms with E-state index in [1.165, 1.54) is 0 Å². The molecule has 4 atom stereocenters. The Morgan fingerprint density at radius 2 is 1.80 bits per heavy atom. The maximum atomic E-state index is 5.71. The first-order valence-corrected chi connectivity index (χ1v) is 4.00. The highest BCUT2D eigenvalue weighted by Gasteiger charge is 2.29. The van der Waals surface area contributed by atoms with Crippen LogP contribution in [0.5, 0.6) is 0 Å². The van der Waals surface area contributed by atoms with Crippen LogP contribution in [0.15, 0.2) is 0 Å². The zero-order chi connectivity index (χ0) is 7.72. The van der Waals surface area contributed by atoms with Crippen molar-refractivity contribution < 1.29 is 4.74 Å². The summed E-state index contributed by atoms with van der Waals surface area (Å²) in [5, 5.41) is 0. The fourth-order valence-electron chi connectivity index (χ4n) is 1.38. The molecule has 0 aliphatic carbocycles. The van der Waals surface area contributed by atoms with Gasteiger partial charge in [0.1, 0.15) is 6.23 Å². The highest BCUT2D eigenvalue weighted by Crippen LogP contribution is 2.28. The molecule has 2 N–H and O–H groups in total. The summed E-state index contributed by atoms with van der Waals surface area (Å²) in [5.74, 6) is 1.86. The van der Waals surface area contributed by atoms with Gasteiger partial charge in [-0.3, -0.25) is 0 Å². The van der Waals surface area contributed by atoms with E-state index in [-0.39, 0.29) is 6.23 Å². The zero-order valence-corrected chi connectivity index (χ0v) is 7.00. The van der Waals surface area contributed by atoms with Crippen molar-refractivity contribution in [2.24, 2.45) is 23.5 Å². The predicted molar refractivity (Wildman–Crippen MR) is 41.4 cm³/mol. The van der Waals surface area contributed by atoms with Gasteiger partial charge in [0.05, 0.1) is 6.61 Å². The van der Waals surface area contributed by atoms with Gasteiger partial charge < -0.3 is 10.5 Å². The second-order valence-corrected chi connectivity index (χ2v) is 3.49. The minimum Gasteiger partial charge on any atom is -0.363 e. The molecule has 0 aromatic heterocycles. The van der Waals surface area contributed by atoms with Crippen LogP contribution in [0.4, 0.5) is 0 Å². The molecule has 1 rings (SSSR count). The molecule has 1 heterocycles. The first kappa shape index (κ1) is 8.02. The number of rotatable bonds is 0. The molecule has 1 aliphatic heterocycles. The molecule has 0 saturated carbocycles. The lowest BCUT2D eigenvalue weighted by atomic mass is 9.82. The predicted octanol–water partition coefficient (Wildman–Crippen LogP) is 1.21. The van der Waals surface area contributed by atoms with Crippen molar-refractivity contribution in [2.75, 3.05) is 6.61 Å². The molecule has 2 heteroatoms. The average Bonchev–Trinajstić information content (AvgIpc) is 1.93. The first-order chi connectivity index (χ1) is 4.63. The number of ether oxygens (including phenoxy) is 1. The minimum absolute atomic E-state index is 0.0359. The van der Waals surface area contributed by atoms with Crippen LogP contribution >= 0.6 is 0 Å². The first-order valence-electron chi connectivity index (χ1n) is 4.00. The van der Waals surface area contributed by atoms with Gasteiger partial charge in [-0.15, -0.1) is 0 Å². The molecular weight excluding hydrogens is 126 g/mol. The summed E-state index contributed by atoms with van der Waals surface area (Å²) in [6, 6.07) is 0. The molecule has 0 aromatic rings. The fourth-order valence-corrected chi connectivity index (χ4v) is 1.38. The van der Waals surface area contributed by atoms with Crippen molar-refractivity contribution in [3.63, 3.8) is 0 Å². The standard InChI is InChI=1S/C8H17NO/c1-5-4-10-8(9)7(3)6(5)2/h5-8H,4,9H2,1-3H3. The van der Waals surface area contributed by atoms with E-state index in [9.17, 15) is 0 Å². The van der Waals surface area contributed by atoms with Gasteiger partial charge in [-0.2, -0.15) is 0 Å². The van der Waals surface area contributed by atoms with Gasteiger partial charge in [-0.05, 0) is 17.8 Å². The molecule has 2 nitrogen and oxygen atoms in total. The summed E-state index contributed by atoms with van der Waals surface area (Å²) < 4.78 is 5.35. The summed E-state index contributed by atoms with van der Waals surface area (Å²) in [6.07, 6.45) is -0.0359. The summed E-state index contributed by atoms with van der Waals surface area (Å²) in [5.41, 5.74) is 5.71. The van der Waals surface area contributed by atoms with Gasteiger partial charge in [-0.1, -0.05) is 20.8 Å². The molecule has 4 unspecified atom stereocenters. The summed E-state index contributed by atoms with van der Waals surface area (Å²) in [7, 11) is 0. The van der Waals surface area contributed by atoms with Crippen LogP contribution in [0.1, 0.15) is 20.8 Å². The van der Waals surface area contributed by atoms with Crippen LogP contribution in [-0.2, 0) is 4.74 Å². The van der Waals surface area contributed by atoms with Crippen LogP contribution in [0.2, 0.25) is 0 Å². The molecule has 10 heavy (non-hydrogen) atoms. The molecule has 60 valence electrons. The van der Waals surface area contributed by atoms with Crippen molar-refractivity contribution >= 4 is 0 Å². The van der Waals surface area contributed by atoms with Crippen molar-refractivity contribution in [1.82, 2.24) is 0 Å². The van der Waals surface area contributed by atoms with Crippen LogP contribution < -0.4 is 5.73 Å². The van der Waals surface area contributed by atoms with Gasteiger partial charge >= 0.3 is 0 Å². The van der Waals surface area contributed by atoms with Crippen LogP contribution in [0.25, 0.3) is 0 Å². The quantitative estimate of drug-likeness (QED) is 0.553. The molecular formula is C8H17NO. The Bertz CT molecular complexity index is 102. The van der Waals surface area contributed by atoms with E-state index in [1.807, 2.05) is 0 Å². The van der Waals surface area contributed by atoms with E-state index in [4.69, 9.17) is 10.5 Å². The van der Waals surface area contributed by atoms with Crippen molar-refractivity contribution in [1.29, 1.82) is 0 Å². The Kier molecular flexibility index (Phi) is 2.32. The van der Waals surface area contributed by atoms with Gasteiger partial charge in [0.25, 0.3) is 0 Å². The van der Waals surface area contributed by atoms with Gasteiger partial charge in [0.2, 0.25) is 0 Å². The largest absolute Gasteiger partial charge is 0.363 e. The summed E-state index contributed by atoms with van der Waals surface area (Å²) in [6.45, 7) is 7.45. The molecule has 0 amide bonds. The molecule has 1 aliphatic rings. The Morgan fingerprint density at radius 1 is 1.20 bits per heavy atom. The van der Waals surface area contributed by atoms with Crippen molar-refractivity contribution in [3.8, 4) is 0 Å². The van der Waals surface area contributed by atoms with E-state index in [1.54, 1.807) is 0 Å². The summed E-state index contributed by atoms with van der Waals surface area (Å²) >= 11 is 0. The normalized spacial score (nSPS) is 49.2. The van der Waals surface area contributed by atoms with E-state index in [0.29, 0.717) is 17.8 Å². The number of hydrogen-bond donors (Lipinski definition) is 1. The Labute approximate surface area is 62.7 Å². The fraction of sp³-hybridized carbons (Fsp3) is 1.00. The summed E-state index contributed by atoms with van der Waals surface area (Å²) in [4.78, 5) is 0. The topological polar surface area (TPSA) is 35.2 Å².